The number of hydrogen-bond donors (Lipinski definition) is 2. The molecule has 0 atom stereocenters. The Hall–Kier alpha value is -1.87. The van der Waals surface area contributed by atoms with Crippen molar-refractivity contribution < 1.29 is 9.84 Å². The fraction of sp³-hybridized carbons (Fsp3) is 0.0769. The Kier molecular flexibility index (Phi) is 3.40. The van der Waals surface area contributed by atoms with Gasteiger partial charge in [-0.25, -0.2) is 0 Å². The van der Waals surface area contributed by atoms with Crippen molar-refractivity contribution in [3.8, 4) is 11.5 Å². The van der Waals surface area contributed by atoms with Crippen molar-refractivity contribution in [1.82, 2.24) is 0 Å². The second-order valence-corrected chi connectivity index (χ2v) is 3.92. The van der Waals surface area contributed by atoms with Gasteiger partial charge >= 0.3 is 0 Å². The van der Waals surface area contributed by atoms with Crippen LogP contribution in [0.1, 0.15) is 0 Å². The molecule has 2 aromatic carbocycles. The Balaban J connectivity index is 2.19. The summed E-state index contributed by atoms with van der Waals surface area (Å²) in [6.07, 6.45) is 0. The van der Waals surface area contributed by atoms with Gasteiger partial charge in [0.2, 0.25) is 0 Å². The van der Waals surface area contributed by atoms with Crippen LogP contribution in [0.5, 0.6) is 11.5 Å². The quantitative estimate of drug-likeness (QED) is 0.813. The summed E-state index contributed by atoms with van der Waals surface area (Å²) in [7, 11) is 1.62. The predicted molar refractivity (Wildman–Crippen MR) is 69.4 cm³/mol. The lowest BCUT2D eigenvalue weighted by atomic mass is 10.2. The van der Waals surface area contributed by atoms with Gasteiger partial charge in [-0.1, -0.05) is 11.6 Å². The van der Waals surface area contributed by atoms with Crippen LogP contribution < -0.4 is 10.1 Å². The number of ether oxygens (including phenoxy) is 1. The minimum atomic E-state index is 0.148. The number of aromatic hydroxyl groups is 1. The second-order valence-electron chi connectivity index (χ2n) is 3.52. The lowest BCUT2D eigenvalue weighted by Crippen LogP contribution is -1.91. The number of rotatable bonds is 3. The normalized spacial score (nSPS) is 10.0. The molecule has 17 heavy (non-hydrogen) atoms. The minimum absolute atomic E-state index is 0.148. The maximum atomic E-state index is 9.24. The number of phenolic OH excluding ortho intramolecular Hbond substituents is 1. The molecule has 0 fully saturated rings. The van der Waals surface area contributed by atoms with Crippen LogP contribution in [0.25, 0.3) is 0 Å². The van der Waals surface area contributed by atoms with Crippen molar-refractivity contribution in [3.05, 3.63) is 47.5 Å². The molecule has 0 heterocycles. The molecule has 0 aliphatic heterocycles. The summed E-state index contributed by atoms with van der Waals surface area (Å²) in [6.45, 7) is 0. The average Bonchev–Trinajstić information content (AvgIpc) is 2.34. The molecule has 3 nitrogen and oxygen atoms in total. The number of benzene rings is 2. The highest BCUT2D eigenvalue weighted by Gasteiger charge is 2.02. The van der Waals surface area contributed by atoms with E-state index in [4.69, 9.17) is 16.3 Å². The third kappa shape index (κ3) is 2.82. The highest BCUT2D eigenvalue weighted by Crippen LogP contribution is 2.29. The van der Waals surface area contributed by atoms with Crippen molar-refractivity contribution in [2.75, 3.05) is 12.4 Å². The van der Waals surface area contributed by atoms with E-state index in [1.165, 1.54) is 6.07 Å². The van der Waals surface area contributed by atoms with E-state index in [1.807, 2.05) is 24.3 Å². The van der Waals surface area contributed by atoms with Gasteiger partial charge in [0, 0.05) is 11.8 Å². The molecule has 0 unspecified atom stereocenters. The van der Waals surface area contributed by atoms with Gasteiger partial charge in [0.15, 0.2) is 0 Å². The number of phenols is 1. The largest absolute Gasteiger partial charge is 0.508 e. The molecule has 0 amide bonds. The van der Waals surface area contributed by atoms with E-state index in [2.05, 4.69) is 5.32 Å². The van der Waals surface area contributed by atoms with Crippen molar-refractivity contribution in [2.24, 2.45) is 0 Å². The molecule has 0 aliphatic rings. The fourth-order valence-corrected chi connectivity index (χ4v) is 1.66. The average molecular weight is 250 g/mol. The van der Waals surface area contributed by atoms with Gasteiger partial charge < -0.3 is 15.2 Å². The first kappa shape index (κ1) is 11.6. The lowest BCUT2D eigenvalue weighted by Gasteiger charge is -2.09. The van der Waals surface area contributed by atoms with Crippen LogP contribution in [0.15, 0.2) is 42.5 Å². The third-order valence-electron chi connectivity index (χ3n) is 2.32. The molecule has 2 N–H and O–H groups in total. The summed E-state index contributed by atoms with van der Waals surface area (Å²) in [4.78, 5) is 0. The predicted octanol–water partition coefficient (Wildman–Crippen LogP) is 3.80. The first-order valence-corrected chi connectivity index (χ1v) is 5.46. The van der Waals surface area contributed by atoms with Crippen LogP contribution in [0.4, 0.5) is 11.4 Å². The van der Waals surface area contributed by atoms with Crippen LogP contribution >= 0.6 is 11.6 Å². The molecule has 0 saturated heterocycles. The molecule has 0 spiro atoms. The van der Waals surface area contributed by atoms with Crippen LogP contribution in [-0.2, 0) is 0 Å². The van der Waals surface area contributed by atoms with Gasteiger partial charge in [-0.05, 0) is 36.4 Å². The maximum Gasteiger partial charge on any atom is 0.119 e. The van der Waals surface area contributed by atoms with E-state index < -0.39 is 0 Å². The first-order valence-electron chi connectivity index (χ1n) is 5.08. The van der Waals surface area contributed by atoms with Gasteiger partial charge in [0.25, 0.3) is 0 Å². The highest BCUT2D eigenvalue weighted by molar-refractivity contribution is 6.33. The Bertz CT molecular complexity index is 511. The van der Waals surface area contributed by atoms with E-state index >= 15 is 0 Å². The maximum absolute atomic E-state index is 9.24. The molecule has 88 valence electrons. The molecule has 0 saturated carbocycles. The SMILES string of the molecule is COc1ccc(Nc2ccc(O)cc2Cl)cc1. The van der Waals surface area contributed by atoms with E-state index in [9.17, 15) is 5.11 Å². The Labute approximate surface area is 105 Å². The Morgan fingerprint density at radius 3 is 2.41 bits per heavy atom. The number of hydrogen-bond acceptors (Lipinski definition) is 3. The minimum Gasteiger partial charge on any atom is -0.508 e. The van der Waals surface area contributed by atoms with Crippen LogP contribution in [0, 0.1) is 0 Å². The van der Waals surface area contributed by atoms with Gasteiger partial charge in [0.05, 0.1) is 17.8 Å². The van der Waals surface area contributed by atoms with E-state index in [1.54, 1.807) is 19.2 Å². The van der Waals surface area contributed by atoms with Gasteiger partial charge in [-0.2, -0.15) is 0 Å². The molecule has 2 rings (SSSR count). The molecule has 0 bridgehead atoms. The van der Waals surface area contributed by atoms with Crippen LogP contribution in [-0.4, -0.2) is 12.2 Å². The smallest absolute Gasteiger partial charge is 0.119 e. The van der Waals surface area contributed by atoms with Crippen molar-refractivity contribution in [3.63, 3.8) is 0 Å². The molecule has 4 heteroatoms. The second kappa shape index (κ2) is 4.97. The highest BCUT2D eigenvalue weighted by atomic mass is 35.5. The van der Waals surface area contributed by atoms with E-state index in [-0.39, 0.29) is 5.75 Å². The summed E-state index contributed by atoms with van der Waals surface area (Å²) < 4.78 is 5.07. The topological polar surface area (TPSA) is 41.5 Å². The number of methoxy groups -OCH3 is 1. The molecule has 2 aromatic rings. The zero-order valence-electron chi connectivity index (χ0n) is 9.27. The third-order valence-corrected chi connectivity index (χ3v) is 2.63. The van der Waals surface area contributed by atoms with Gasteiger partial charge in [0.1, 0.15) is 11.5 Å². The van der Waals surface area contributed by atoms with E-state index in [0.717, 1.165) is 17.1 Å². The standard InChI is InChI=1S/C13H12ClNO2/c1-17-11-5-2-9(3-6-11)15-13-7-4-10(16)8-12(13)14/h2-8,15-16H,1H3. The molecular weight excluding hydrogens is 238 g/mol. The fourth-order valence-electron chi connectivity index (χ4n) is 1.44. The summed E-state index contributed by atoms with van der Waals surface area (Å²) in [5.41, 5.74) is 1.65. The zero-order chi connectivity index (χ0) is 12.3. The van der Waals surface area contributed by atoms with Crippen LogP contribution in [0.2, 0.25) is 5.02 Å². The van der Waals surface area contributed by atoms with Crippen molar-refractivity contribution in [1.29, 1.82) is 0 Å². The molecule has 0 aromatic heterocycles. The zero-order valence-corrected chi connectivity index (χ0v) is 10.0. The monoisotopic (exact) mass is 249 g/mol. The first-order chi connectivity index (χ1) is 8.19. The summed E-state index contributed by atoms with van der Waals surface area (Å²) in [6, 6.07) is 12.3. The van der Waals surface area contributed by atoms with Crippen molar-refractivity contribution in [2.45, 2.75) is 0 Å². The number of nitrogens with one attached hydrogen (secondary N) is 1. The molecular formula is C13H12ClNO2. The number of halogens is 1. The molecule has 0 radical (unpaired) electrons. The Morgan fingerprint density at radius 1 is 1.12 bits per heavy atom. The van der Waals surface area contributed by atoms with Gasteiger partial charge in [-0.3, -0.25) is 0 Å². The summed E-state index contributed by atoms with van der Waals surface area (Å²) >= 11 is 5.99. The number of anilines is 2. The van der Waals surface area contributed by atoms with E-state index in [0.29, 0.717) is 5.02 Å². The van der Waals surface area contributed by atoms with Crippen LogP contribution in [0.3, 0.4) is 0 Å². The van der Waals surface area contributed by atoms with Gasteiger partial charge in [-0.15, -0.1) is 0 Å². The van der Waals surface area contributed by atoms with Crippen molar-refractivity contribution >= 4 is 23.0 Å². The Morgan fingerprint density at radius 2 is 1.82 bits per heavy atom. The lowest BCUT2D eigenvalue weighted by molar-refractivity contribution is 0.415. The molecule has 0 aliphatic carbocycles. The summed E-state index contributed by atoms with van der Waals surface area (Å²) in [5, 5.41) is 12.9. The summed E-state index contributed by atoms with van der Waals surface area (Å²) in [5.74, 6) is 0.947.